The minimum atomic E-state index is -0.780. The molecule has 0 saturated carbocycles. The maximum Gasteiger partial charge on any atom is 0.314 e. The highest BCUT2D eigenvalue weighted by Gasteiger charge is 2.42. The Morgan fingerprint density at radius 3 is 2.20 bits per heavy atom. The van der Waals surface area contributed by atoms with E-state index in [0.717, 1.165) is 18.5 Å². The molecule has 0 spiro atoms. The summed E-state index contributed by atoms with van der Waals surface area (Å²) >= 11 is 0. The Kier molecular flexibility index (Phi) is 7.84. The molecule has 0 aliphatic heterocycles. The van der Waals surface area contributed by atoms with Crippen molar-refractivity contribution < 1.29 is 9.90 Å². The van der Waals surface area contributed by atoms with Crippen LogP contribution in [0.1, 0.15) is 32.3 Å². The van der Waals surface area contributed by atoms with Crippen molar-refractivity contribution in [2.24, 2.45) is 5.92 Å². The lowest BCUT2D eigenvalue weighted by atomic mass is 9.68. The lowest BCUT2D eigenvalue weighted by molar-refractivity contribution is -0.146. The van der Waals surface area contributed by atoms with E-state index in [0.29, 0.717) is 6.42 Å². The second-order valence-electron chi connectivity index (χ2n) is 5.70. The van der Waals surface area contributed by atoms with Gasteiger partial charge in [-0.25, -0.2) is 0 Å². The smallest absolute Gasteiger partial charge is 0.314 e. The SMILES string of the molecule is CC(C)C(CCCN(C)C)(C(=O)O)c1ccccc1.Cl. The van der Waals surface area contributed by atoms with Gasteiger partial charge < -0.3 is 10.0 Å². The maximum atomic E-state index is 11.9. The molecule has 0 bridgehead atoms. The van der Waals surface area contributed by atoms with Crippen molar-refractivity contribution in [1.82, 2.24) is 4.90 Å². The lowest BCUT2D eigenvalue weighted by Crippen LogP contribution is -2.41. The highest BCUT2D eigenvalue weighted by atomic mass is 35.5. The van der Waals surface area contributed by atoms with E-state index in [1.54, 1.807) is 0 Å². The topological polar surface area (TPSA) is 40.5 Å². The molecule has 0 amide bonds. The number of carboxylic acid groups (broad SMARTS) is 1. The van der Waals surface area contributed by atoms with Gasteiger partial charge in [0.2, 0.25) is 0 Å². The monoisotopic (exact) mass is 299 g/mol. The van der Waals surface area contributed by atoms with Gasteiger partial charge in [-0.05, 0) is 45.0 Å². The van der Waals surface area contributed by atoms with Crippen molar-refractivity contribution in [3.8, 4) is 0 Å². The summed E-state index contributed by atoms with van der Waals surface area (Å²) in [6.07, 6.45) is 1.55. The number of hydrogen-bond donors (Lipinski definition) is 1. The second-order valence-corrected chi connectivity index (χ2v) is 5.70. The fourth-order valence-corrected chi connectivity index (χ4v) is 2.65. The summed E-state index contributed by atoms with van der Waals surface area (Å²) in [6.45, 7) is 4.90. The molecule has 20 heavy (non-hydrogen) atoms. The van der Waals surface area contributed by atoms with Crippen LogP contribution in [-0.4, -0.2) is 36.6 Å². The van der Waals surface area contributed by atoms with Crippen LogP contribution in [0.5, 0.6) is 0 Å². The van der Waals surface area contributed by atoms with E-state index >= 15 is 0 Å². The molecule has 1 aromatic carbocycles. The fraction of sp³-hybridized carbons (Fsp3) is 0.562. The molecule has 0 aliphatic carbocycles. The van der Waals surface area contributed by atoms with E-state index in [9.17, 15) is 9.90 Å². The van der Waals surface area contributed by atoms with E-state index in [1.807, 2.05) is 58.3 Å². The Morgan fingerprint density at radius 2 is 1.80 bits per heavy atom. The first kappa shape index (κ1) is 18.9. The largest absolute Gasteiger partial charge is 0.481 e. The average molecular weight is 300 g/mol. The first-order chi connectivity index (χ1) is 8.91. The van der Waals surface area contributed by atoms with Crippen LogP contribution in [0.3, 0.4) is 0 Å². The number of aliphatic carboxylic acids is 1. The highest BCUT2D eigenvalue weighted by molar-refractivity contribution is 5.85. The molecule has 0 heterocycles. The molecular formula is C16H26ClNO2. The minimum absolute atomic E-state index is 0. The summed E-state index contributed by atoms with van der Waals surface area (Å²) in [5.74, 6) is -0.651. The van der Waals surface area contributed by atoms with Crippen molar-refractivity contribution in [3.05, 3.63) is 35.9 Å². The van der Waals surface area contributed by atoms with Gasteiger partial charge in [0.1, 0.15) is 0 Å². The molecule has 0 radical (unpaired) electrons. The Bertz CT molecular complexity index is 406. The molecule has 0 saturated heterocycles. The molecule has 1 aromatic rings. The summed E-state index contributed by atoms with van der Waals surface area (Å²) in [7, 11) is 4.03. The first-order valence-electron chi connectivity index (χ1n) is 6.85. The molecule has 0 aliphatic rings. The van der Waals surface area contributed by atoms with E-state index in [4.69, 9.17) is 0 Å². The molecule has 1 N–H and O–H groups in total. The van der Waals surface area contributed by atoms with Crippen molar-refractivity contribution in [2.75, 3.05) is 20.6 Å². The van der Waals surface area contributed by atoms with E-state index in [2.05, 4.69) is 4.90 Å². The van der Waals surface area contributed by atoms with Crippen LogP contribution in [0.4, 0.5) is 0 Å². The Labute approximate surface area is 128 Å². The van der Waals surface area contributed by atoms with Gasteiger partial charge in [0.05, 0.1) is 5.41 Å². The van der Waals surface area contributed by atoms with Gasteiger partial charge in [0.15, 0.2) is 0 Å². The maximum absolute atomic E-state index is 11.9. The predicted octanol–water partition coefficient (Wildman–Crippen LogP) is 3.43. The molecule has 1 atom stereocenters. The number of rotatable bonds is 7. The predicted molar refractivity (Wildman–Crippen MR) is 85.6 cm³/mol. The third-order valence-electron chi connectivity index (χ3n) is 3.83. The molecule has 4 heteroatoms. The zero-order valence-corrected chi connectivity index (χ0v) is 13.6. The van der Waals surface area contributed by atoms with Gasteiger partial charge >= 0.3 is 5.97 Å². The third kappa shape index (κ3) is 4.22. The molecule has 3 nitrogen and oxygen atoms in total. The molecule has 0 aromatic heterocycles. The highest BCUT2D eigenvalue weighted by Crippen LogP contribution is 2.37. The van der Waals surface area contributed by atoms with E-state index in [-0.39, 0.29) is 18.3 Å². The van der Waals surface area contributed by atoms with Crippen LogP contribution in [0.25, 0.3) is 0 Å². The second kappa shape index (κ2) is 8.28. The van der Waals surface area contributed by atoms with Crippen molar-refractivity contribution >= 4 is 18.4 Å². The van der Waals surface area contributed by atoms with Crippen molar-refractivity contribution in [2.45, 2.75) is 32.1 Å². The molecular weight excluding hydrogens is 274 g/mol. The number of nitrogens with zero attached hydrogens (tertiary/aromatic N) is 1. The Balaban J connectivity index is 0.00000361. The normalized spacial score (nSPS) is 13.9. The fourth-order valence-electron chi connectivity index (χ4n) is 2.65. The van der Waals surface area contributed by atoms with Crippen LogP contribution >= 0.6 is 12.4 Å². The average Bonchev–Trinajstić information content (AvgIpc) is 2.34. The van der Waals surface area contributed by atoms with Gasteiger partial charge in [-0.3, -0.25) is 4.79 Å². The summed E-state index contributed by atoms with van der Waals surface area (Å²) < 4.78 is 0. The number of halogens is 1. The quantitative estimate of drug-likeness (QED) is 0.838. The van der Waals surface area contributed by atoms with Crippen LogP contribution in [0.2, 0.25) is 0 Å². The first-order valence-corrected chi connectivity index (χ1v) is 6.85. The zero-order valence-electron chi connectivity index (χ0n) is 12.8. The Hall–Kier alpha value is -1.06. The van der Waals surface area contributed by atoms with E-state index < -0.39 is 11.4 Å². The number of carbonyl (C=O) groups is 1. The van der Waals surface area contributed by atoms with E-state index in [1.165, 1.54) is 0 Å². The molecule has 1 rings (SSSR count). The summed E-state index contributed by atoms with van der Waals surface area (Å²) in [4.78, 5) is 14.0. The third-order valence-corrected chi connectivity index (χ3v) is 3.83. The van der Waals surface area contributed by atoms with Gasteiger partial charge in [0, 0.05) is 0 Å². The van der Waals surface area contributed by atoms with Gasteiger partial charge in [-0.2, -0.15) is 0 Å². The summed E-state index contributed by atoms with van der Waals surface area (Å²) in [5.41, 5.74) is 0.133. The zero-order chi connectivity index (χ0) is 14.5. The Morgan fingerprint density at radius 1 is 1.25 bits per heavy atom. The van der Waals surface area contributed by atoms with Gasteiger partial charge in [-0.15, -0.1) is 12.4 Å². The van der Waals surface area contributed by atoms with Gasteiger partial charge in [0.25, 0.3) is 0 Å². The summed E-state index contributed by atoms with van der Waals surface area (Å²) in [6, 6.07) is 9.63. The number of hydrogen-bond acceptors (Lipinski definition) is 2. The van der Waals surface area contributed by atoms with Crippen molar-refractivity contribution in [1.29, 1.82) is 0 Å². The minimum Gasteiger partial charge on any atom is -0.481 e. The van der Waals surface area contributed by atoms with Crippen molar-refractivity contribution in [3.63, 3.8) is 0 Å². The van der Waals surface area contributed by atoms with Crippen LogP contribution in [0.15, 0.2) is 30.3 Å². The lowest BCUT2D eigenvalue weighted by Gasteiger charge is -2.34. The number of benzene rings is 1. The van der Waals surface area contributed by atoms with Crippen LogP contribution in [0, 0.1) is 5.92 Å². The molecule has 1 unspecified atom stereocenters. The summed E-state index contributed by atoms with van der Waals surface area (Å²) in [5, 5.41) is 9.80. The molecule has 114 valence electrons. The molecule has 0 fully saturated rings. The number of carboxylic acids is 1. The van der Waals surface area contributed by atoms with Crippen LogP contribution in [-0.2, 0) is 10.2 Å². The van der Waals surface area contributed by atoms with Crippen LogP contribution < -0.4 is 0 Å². The standard InChI is InChI=1S/C16H25NO2.ClH/c1-13(2)16(15(18)19,11-8-12-17(3)4)14-9-6-5-7-10-14;/h5-7,9-10,13H,8,11-12H2,1-4H3,(H,18,19);1H. The van der Waals surface area contributed by atoms with Gasteiger partial charge in [-0.1, -0.05) is 44.2 Å².